The third-order valence-corrected chi connectivity index (χ3v) is 4.02. The molecule has 3 rings (SSSR count). The van der Waals surface area contributed by atoms with Crippen molar-refractivity contribution in [2.45, 2.75) is 25.4 Å². The minimum absolute atomic E-state index is 0.0497. The first-order chi connectivity index (χ1) is 9.59. The fourth-order valence-corrected chi connectivity index (χ4v) is 3.05. The molecule has 2 heteroatoms. The number of rotatable bonds is 3. The van der Waals surface area contributed by atoms with Crippen LogP contribution in [-0.4, -0.2) is 11.6 Å². The Kier molecular flexibility index (Phi) is 3.09. The Bertz CT molecular complexity index is 562. The summed E-state index contributed by atoms with van der Waals surface area (Å²) >= 11 is 0. The molecule has 1 unspecified atom stereocenters. The lowest BCUT2D eigenvalue weighted by atomic mass is 9.70. The van der Waals surface area contributed by atoms with Crippen LogP contribution in [0.25, 0.3) is 0 Å². The maximum absolute atomic E-state index is 12.0. The maximum Gasteiger partial charge on any atom is 0.314 e. The first-order valence-electron chi connectivity index (χ1n) is 6.92. The van der Waals surface area contributed by atoms with Crippen molar-refractivity contribution in [1.82, 2.24) is 0 Å². The zero-order chi connectivity index (χ0) is 14.2. The van der Waals surface area contributed by atoms with Crippen LogP contribution >= 0.6 is 0 Å². The lowest BCUT2D eigenvalue weighted by Gasteiger charge is -2.46. The fraction of sp³-hybridized carbons (Fsp3) is 0.278. The number of cyclic esters (lactones) is 1. The van der Waals surface area contributed by atoms with E-state index in [9.17, 15) is 4.79 Å². The van der Waals surface area contributed by atoms with Crippen LogP contribution in [0.4, 0.5) is 0 Å². The molecule has 2 aromatic rings. The number of hydrogen-bond acceptors (Lipinski definition) is 2. The third-order valence-electron chi connectivity index (χ3n) is 4.02. The van der Waals surface area contributed by atoms with Gasteiger partial charge in [-0.1, -0.05) is 60.7 Å². The molecule has 1 atom stereocenters. The molecule has 1 aliphatic rings. The Morgan fingerprint density at radius 3 is 1.70 bits per heavy atom. The molecule has 2 nitrogen and oxygen atoms in total. The van der Waals surface area contributed by atoms with Crippen LogP contribution in [0.2, 0.25) is 0 Å². The Hall–Kier alpha value is -2.09. The number of esters is 1. The third kappa shape index (κ3) is 2.11. The summed E-state index contributed by atoms with van der Waals surface area (Å²) < 4.78 is 5.32. The molecule has 1 fully saturated rings. The molecule has 1 aliphatic heterocycles. The lowest BCUT2D eigenvalue weighted by molar-refractivity contribution is -0.206. The summed E-state index contributed by atoms with van der Waals surface area (Å²) in [5, 5.41) is 0. The quantitative estimate of drug-likeness (QED) is 0.790. The van der Waals surface area contributed by atoms with Crippen LogP contribution in [-0.2, 0) is 9.53 Å². The molecule has 0 saturated carbocycles. The first-order valence-corrected chi connectivity index (χ1v) is 6.92. The summed E-state index contributed by atoms with van der Waals surface area (Å²) in [5.41, 5.74) is 1.91. The highest BCUT2D eigenvalue weighted by Gasteiger charge is 2.54. The molecule has 20 heavy (non-hydrogen) atoms. The molecule has 0 amide bonds. The van der Waals surface area contributed by atoms with E-state index in [0.29, 0.717) is 0 Å². The molecule has 1 heterocycles. The number of benzene rings is 2. The van der Waals surface area contributed by atoms with E-state index in [0.717, 1.165) is 11.1 Å². The van der Waals surface area contributed by atoms with Crippen molar-refractivity contribution >= 4 is 5.97 Å². The molecule has 0 aromatic heterocycles. The van der Waals surface area contributed by atoms with Crippen LogP contribution in [0.15, 0.2) is 60.7 Å². The highest BCUT2D eigenvalue weighted by atomic mass is 16.6. The Morgan fingerprint density at radius 2 is 1.35 bits per heavy atom. The van der Waals surface area contributed by atoms with Crippen molar-refractivity contribution in [3.63, 3.8) is 0 Å². The average Bonchev–Trinajstić information content (AvgIpc) is 2.46. The van der Waals surface area contributed by atoms with Crippen LogP contribution in [0.1, 0.15) is 30.9 Å². The van der Waals surface area contributed by atoms with E-state index in [4.69, 9.17) is 4.74 Å². The van der Waals surface area contributed by atoms with Gasteiger partial charge in [-0.05, 0) is 25.0 Å². The predicted octanol–water partition coefficient (Wildman–Crippen LogP) is 3.77. The number of carbonyl (C=O) groups excluding carboxylic acids is 1. The van der Waals surface area contributed by atoms with E-state index in [-0.39, 0.29) is 17.8 Å². The van der Waals surface area contributed by atoms with Gasteiger partial charge >= 0.3 is 5.97 Å². The Labute approximate surface area is 119 Å². The Balaban J connectivity index is 2.08. The second-order valence-corrected chi connectivity index (χ2v) is 5.80. The van der Waals surface area contributed by atoms with Gasteiger partial charge in [0.05, 0.1) is 0 Å². The molecule has 0 N–H and O–H groups in total. The standard InChI is InChI=1S/C18H18O2/c1-18(2)16(17(19)20-18)15(13-9-5-3-6-10-13)14-11-7-4-8-12-14/h3-12,15-16H,1-2H3. The molecule has 2 aromatic carbocycles. The van der Waals surface area contributed by atoms with Gasteiger partial charge < -0.3 is 4.74 Å². The maximum atomic E-state index is 12.0. The van der Waals surface area contributed by atoms with Gasteiger partial charge in [-0.25, -0.2) is 0 Å². The summed E-state index contributed by atoms with van der Waals surface area (Å²) in [7, 11) is 0. The second kappa shape index (κ2) is 4.78. The van der Waals surface area contributed by atoms with Crippen molar-refractivity contribution in [2.75, 3.05) is 0 Å². The zero-order valence-electron chi connectivity index (χ0n) is 11.7. The first kappa shape index (κ1) is 12.9. The van der Waals surface area contributed by atoms with Gasteiger partial charge in [0.2, 0.25) is 0 Å². The van der Waals surface area contributed by atoms with E-state index >= 15 is 0 Å². The van der Waals surface area contributed by atoms with Crippen molar-refractivity contribution < 1.29 is 9.53 Å². The number of hydrogen-bond donors (Lipinski definition) is 0. The lowest BCUT2D eigenvalue weighted by Crippen LogP contribution is -2.56. The van der Waals surface area contributed by atoms with Crippen LogP contribution in [0.3, 0.4) is 0 Å². The van der Waals surface area contributed by atoms with E-state index < -0.39 is 5.60 Å². The van der Waals surface area contributed by atoms with E-state index in [1.165, 1.54) is 0 Å². The van der Waals surface area contributed by atoms with Crippen molar-refractivity contribution in [1.29, 1.82) is 0 Å². The fourth-order valence-electron chi connectivity index (χ4n) is 3.05. The Morgan fingerprint density at radius 1 is 0.900 bits per heavy atom. The van der Waals surface area contributed by atoms with Crippen LogP contribution < -0.4 is 0 Å². The molecular weight excluding hydrogens is 248 g/mol. The van der Waals surface area contributed by atoms with Gasteiger partial charge in [0, 0.05) is 5.92 Å². The molecule has 102 valence electrons. The largest absolute Gasteiger partial charge is 0.458 e. The summed E-state index contributed by atoms with van der Waals surface area (Å²) in [5.74, 6) is -0.186. The van der Waals surface area contributed by atoms with Gasteiger partial charge in [0.25, 0.3) is 0 Å². The predicted molar refractivity (Wildman–Crippen MR) is 78.4 cm³/mol. The molecule has 1 saturated heterocycles. The van der Waals surface area contributed by atoms with Gasteiger partial charge in [-0.2, -0.15) is 0 Å². The van der Waals surface area contributed by atoms with Gasteiger partial charge in [0.15, 0.2) is 0 Å². The number of carbonyl (C=O) groups is 1. The highest BCUT2D eigenvalue weighted by molar-refractivity contribution is 5.82. The van der Waals surface area contributed by atoms with Crippen LogP contribution in [0, 0.1) is 5.92 Å². The van der Waals surface area contributed by atoms with Gasteiger partial charge in [0.1, 0.15) is 11.5 Å². The average molecular weight is 266 g/mol. The van der Waals surface area contributed by atoms with E-state index in [1.54, 1.807) is 0 Å². The monoisotopic (exact) mass is 266 g/mol. The summed E-state index contributed by atoms with van der Waals surface area (Å²) in [6, 6.07) is 20.4. The van der Waals surface area contributed by atoms with Gasteiger partial charge in [-0.15, -0.1) is 0 Å². The minimum Gasteiger partial charge on any atom is -0.458 e. The number of ether oxygens (including phenoxy) is 1. The molecule has 0 spiro atoms. The van der Waals surface area contributed by atoms with E-state index in [1.807, 2.05) is 50.2 Å². The molecule has 0 radical (unpaired) electrons. The molecule has 0 aliphatic carbocycles. The summed E-state index contributed by atoms with van der Waals surface area (Å²) in [6.45, 7) is 3.97. The topological polar surface area (TPSA) is 26.3 Å². The normalized spacial score (nSPS) is 20.4. The summed E-state index contributed by atoms with van der Waals surface area (Å²) in [6.07, 6.45) is 0. The van der Waals surface area contributed by atoms with Crippen molar-refractivity contribution in [3.05, 3.63) is 71.8 Å². The summed E-state index contributed by atoms with van der Waals surface area (Å²) in [4.78, 5) is 12.0. The SMILES string of the molecule is CC1(C)OC(=O)C1C(c1ccccc1)c1ccccc1. The van der Waals surface area contributed by atoms with Crippen molar-refractivity contribution in [2.24, 2.45) is 5.92 Å². The van der Waals surface area contributed by atoms with Crippen molar-refractivity contribution in [3.8, 4) is 0 Å². The highest BCUT2D eigenvalue weighted by Crippen LogP contribution is 2.46. The molecular formula is C18H18O2. The minimum atomic E-state index is -0.409. The molecule has 0 bridgehead atoms. The van der Waals surface area contributed by atoms with Gasteiger partial charge in [-0.3, -0.25) is 4.79 Å². The smallest absolute Gasteiger partial charge is 0.314 e. The zero-order valence-corrected chi connectivity index (χ0v) is 11.7. The van der Waals surface area contributed by atoms with E-state index in [2.05, 4.69) is 24.3 Å². The van der Waals surface area contributed by atoms with Crippen LogP contribution in [0.5, 0.6) is 0 Å². The second-order valence-electron chi connectivity index (χ2n) is 5.80.